The Hall–Kier alpha value is -3.33. The van der Waals surface area contributed by atoms with Crippen LogP contribution in [0.15, 0.2) is 41.0 Å². The van der Waals surface area contributed by atoms with Crippen LogP contribution in [0.25, 0.3) is 0 Å². The average Bonchev–Trinajstić information content (AvgIpc) is 3.48. The monoisotopic (exact) mass is 409 g/mol. The second kappa shape index (κ2) is 7.83. The van der Waals surface area contributed by atoms with Crippen LogP contribution in [-0.2, 0) is 19.5 Å². The summed E-state index contributed by atoms with van der Waals surface area (Å²) < 4.78 is 18.2. The topological polar surface area (TPSA) is 94.7 Å². The van der Waals surface area contributed by atoms with Crippen molar-refractivity contribution in [1.29, 1.82) is 0 Å². The van der Waals surface area contributed by atoms with Crippen LogP contribution in [0.1, 0.15) is 40.7 Å². The van der Waals surface area contributed by atoms with Gasteiger partial charge in [0.25, 0.3) is 5.91 Å². The van der Waals surface area contributed by atoms with Gasteiger partial charge in [0.05, 0.1) is 12.3 Å². The summed E-state index contributed by atoms with van der Waals surface area (Å²) in [5.74, 6) is 3.33. The third-order valence-electron chi connectivity index (χ3n) is 5.47. The molecule has 0 bridgehead atoms. The van der Waals surface area contributed by atoms with Crippen LogP contribution >= 0.6 is 0 Å². The molecular formula is C21H23N5O4. The lowest BCUT2D eigenvalue weighted by molar-refractivity contribution is 0.0909. The quantitative estimate of drug-likeness (QED) is 0.690. The number of rotatable bonds is 5. The minimum Gasteiger partial charge on any atom is -0.459 e. The highest BCUT2D eigenvalue weighted by atomic mass is 16.7. The van der Waals surface area contributed by atoms with Gasteiger partial charge in [0.15, 0.2) is 23.1 Å². The Morgan fingerprint density at radius 3 is 2.93 bits per heavy atom. The van der Waals surface area contributed by atoms with E-state index in [9.17, 15) is 4.79 Å². The smallest absolute Gasteiger partial charge is 0.287 e. The normalized spacial score (nSPS) is 16.7. The lowest BCUT2D eigenvalue weighted by Gasteiger charge is -2.20. The maximum absolute atomic E-state index is 12.3. The lowest BCUT2D eigenvalue weighted by atomic mass is 10.2. The van der Waals surface area contributed by atoms with Gasteiger partial charge in [-0.25, -0.2) is 0 Å². The van der Waals surface area contributed by atoms with Crippen molar-refractivity contribution < 1.29 is 18.7 Å². The van der Waals surface area contributed by atoms with Crippen LogP contribution in [0.4, 0.5) is 0 Å². The minimum atomic E-state index is -0.274. The maximum Gasteiger partial charge on any atom is 0.287 e. The van der Waals surface area contributed by atoms with E-state index in [1.54, 1.807) is 12.1 Å². The van der Waals surface area contributed by atoms with Gasteiger partial charge in [0.1, 0.15) is 5.82 Å². The van der Waals surface area contributed by atoms with E-state index < -0.39 is 0 Å². The molecule has 0 fully saturated rings. The van der Waals surface area contributed by atoms with Gasteiger partial charge in [-0.05, 0) is 36.8 Å². The van der Waals surface area contributed by atoms with Crippen molar-refractivity contribution in [3.05, 3.63) is 59.6 Å². The zero-order valence-corrected chi connectivity index (χ0v) is 16.7. The number of nitrogens with one attached hydrogen (secondary N) is 1. The summed E-state index contributed by atoms with van der Waals surface area (Å²) >= 11 is 0. The van der Waals surface area contributed by atoms with Gasteiger partial charge in [0.2, 0.25) is 6.79 Å². The first kappa shape index (κ1) is 18.7. The highest BCUT2D eigenvalue weighted by Crippen LogP contribution is 2.33. The van der Waals surface area contributed by atoms with Crippen LogP contribution in [0.3, 0.4) is 0 Å². The Morgan fingerprint density at radius 2 is 2.07 bits per heavy atom. The van der Waals surface area contributed by atoms with Gasteiger partial charge in [-0.3, -0.25) is 9.69 Å². The Kier molecular flexibility index (Phi) is 4.88. The van der Waals surface area contributed by atoms with E-state index in [1.165, 1.54) is 11.8 Å². The standard InChI is InChI=1S/C21H23N5O4/c1-14(22-21(27)17-3-2-10-28-17)20-24-23-19-6-7-25(8-9-26(19)20)12-15-4-5-16-18(11-15)30-13-29-16/h2-5,10-11,14H,6-9,12-13H2,1H3,(H,22,27). The predicted molar refractivity (Wildman–Crippen MR) is 106 cm³/mol. The van der Waals surface area contributed by atoms with Gasteiger partial charge >= 0.3 is 0 Å². The second-order valence-electron chi connectivity index (χ2n) is 7.51. The molecule has 0 aliphatic carbocycles. The average molecular weight is 409 g/mol. The van der Waals surface area contributed by atoms with E-state index >= 15 is 0 Å². The summed E-state index contributed by atoms with van der Waals surface area (Å²) in [5.41, 5.74) is 1.19. The molecule has 1 N–H and O–H groups in total. The first-order valence-electron chi connectivity index (χ1n) is 10.0. The van der Waals surface area contributed by atoms with Gasteiger partial charge in [-0.1, -0.05) is 6.07 Å². The van der Waals surface area contributed by atoms with Gasteiger partial charge in [-0.2, -0.15) is 0 Å². The molecule has 2 aliphatic rings. The van der Waals surface area contributed by atoms with Crippen molar-refractivity contribution in [1.82, 2.24) is 25.0 Å². The predicted octanol–water partition coefficient (Wildman–Crippen LogP) is 2.15. The fraction of sp³-hybridized carbons (Fsp3) is 0.381. The molecule has 5 rings (SSSR count). The number of nitrogens with zero attached hydrogens (tertiary/aromatic N) is 4. The molecule has 0 radical (unpaired) electrons. The number of amides is 1. The third kappa shape index (κ3) is 3.63. The summed E-state index contributed by atoms with van der Waals surface area (Å²) in [7, 11) is 0. The molecular weight excluding hydrogens is 386 g/mol. The molecule has 1 atom stereocenters. The van der Waals surface area contributed by atoms with E-state index in [2.05, 4.69) is 31.0 Å². The second-order valence-corrected chi connectivity index (χ2v) is 7.51. The first-order chi connectivity index (χ1) is 14.7. The number of hydrogen-bond donors (Lipinski definition) is 1. The SMILES string of the molecule is CC(NC(=O)c1ccco1)c1nnc2n1CCN(Cc1ccc3c(c1)OCO3)CC2. The summed E-state index contributed by atoms with van der Waals surface area (Å²) in [6.45, 7) is 5.55. The van der Waals surface area contributed by atoms with E-state index in [0.29, 0.717) is 0 Å². The van der Waals surface area contributed by atoms with Crippen LogP contribution in [-0.4, -0.2) is 45.5 Å². The maximum atomic E-state index is 12.3. The van der Waals surface area contributed by atoms with E-state index in [1.807, 2.05) is 19.1 Å². The number of benzene rings is 1. The molecule has 0 saturated heterocycles. The van der Waals surface area contributed by atoms with Crippen LogP contribution in [0.2, 0.25) is 0 Å². The molecule has 3 aromatic rings. The van der Waals surface area contributed by atoms with E-state index in [-0.39, 0.29) is 24.5 Å². The van der Waals surface area contributed by atoms with Crippen molar-refractivity contribution in [3.63, 3.8) is 0 Å². The Bertz CT molecular complexity index is 1050. The summed E-state index contributed by atoms with van der Waals surface area (Å²) in [6, 6.07) is 9.15. The minimum absolute atomic E-state index is 0.261. The summed E-state index contributed by atoms with van der Waals surface area (Å²) in [6.07, 6.45) is 2.29. The fourth-order valence-corrected chi connectivity index (χ4v) is 3.91. The van der Waals surface area contributed by atoms with Gasteiger partial charge < -0.3 is 23.8 Å². The van der Waals surface area contributed by atoms with Crippen LogP contribution in [0, 0.1) is 0 Å². The number of hydrogen-bond acceptors (Lipinski definition) is 7. The largest absolute Gasteiger partial charge is 0.459 e. The lowest BCUT2D eigenvalue weighted by Crippen LogP contribution is -2.30. The number of fused-ring (bicyclic) bond motifs is 2. The molecule has 0 saturated carbocycles. The van der Waals surface area contributed by atoms with Crippen LogP contribution < -0.4 is 14.8 Å². The van der Waals surface area contributed by atoms with E-state index in [0.717, 1.165) is 55.7 Å². The molecule has 156 valence electrons. The molecule has 1 unspecified atom stereocenters. The molecule has 2 aliphatic heterocycles. The molecule has 30 heavy (non-hydrogen) atoms. The first-order valence-corrected chi connectivity index (χ1v) is 10.0. The molecule has 1 aromatic carbocycles. The molecule has 9 nitrogen and oxygen atoms in total. The number of carbonyl (C=O) groups excluding carboxylic acids is 1. The van der Waals surface area contributed by atoms with Crippen molar-refractivity contribution in [2.45, 2.75) is 32.5 Å². The van der Waals surface area contributed by atoms with Gasteiger partial charge in [-0.15, -0.1) is 10.2 Å². The third-order valence-corrected chi connectivity index (χ3v) is 5.47. The summed E-state index contributed by atoms with van der Waals surface area (Å²) in [4.78, 5) is 14.7. The van der Waals surface area contributed by atoms with E-state index in [4.69, 9.17) is 13.9 Å². The van der Waals surface area contributed by atoms with Crippen molar-refractivity contribution in [3.8, 4) is 11.5 Å². The fourth-order valence-electron chi connectivity index (χ4n) is 3.91. The van der Waals surface area contributed by atoms with Crippen molar-refractivity contribution >= 4 is 5.91 Å². The van der Waals surface area contributed by atoms with Gasteiger partial charge in [0, 0.05) is 32.6 Å². The Balaban J connectivity index is 1.24. The number of furan rings is 1. The van der Waals surface area contributed by atoms with Crippen molar-refractivity contribution in [2.75, 3.05) is 19.9 Å². The highest BCUT2D eigenvalue weighted by Gasteiger charge is 2.24. The molecule has 2 aromatic heterocycles. The number of ether oxygens (including phenoxy) is 2. The molecule has 4 heterocycles. The highest BCUT2D eigenvalue weighted by molar-refractivity contribution is 5.91. The number of carbonyl (C=O) groups is 1. The molecule has 1 amide bonds. The zero-order valence-electron chi connectivity index (χ0n) is 16.7. The van der Waals surface area contributed by atoms with Crippen LogP contribution in [0.5, 0.6) is 11.5 Å². The zero-order chi connectivity index (χ0) is 20.5. The molecule has 9 heteroatoms. The Labute approximate surface area is 173 Å². The van der Waals surface area contributed by atoms with Crippen molar-refractivity contribution in [2.24, 2.45) is 0 Å². The number of aromatic nitrogens is 3. The molecule has 0 spiro atoms. The Morgan fingerprint density at radius 1 is 1.17 bits per heavy atom. The summed E-state index contributed by atoms with van der Waals surface area (Å²) in [5, 5.41) is 11.6.